The van der Waals surface area contributed by atoms with Crippen LogP contribution in [0.15, 0.2) is 212 Å². The Morgan fingerprint density at radius 2 is 0.964 bits per heavy atom. The standard InChI is InChI=1S/C54H37NO/c1-3-15-37(16-4-1)38-27-30-42(31-28-38)55(36-41-20-8-9-21-44(41)39-17-5-2-6-18-39)43-32-34-47-46(35-43)53-45-22-10-7-19-40(45)29-33-50(53)54(47)48-23-11-13-25-51(48)56-52-26-14-12-24-49(52)54/h1-35H,36H2. The summed E-state index contributed by atoms with van der Waals surface area (Å²) < 4.78 is 6.65. The zero-order chi connectivity index (χ0) is 37.1. The van der Waals surface area contributed by atoms with Gasteiger partial charge in [0.1, 0.15) is 11.5 Å². The van der Waals surface area contributed by atoms with Gasteiger partial charge in [-0.2, -0.15) is 0 Å². The van der Waals surface area contributed by atoms with Crippen LogP contribution in [0.2, 0.25) is 0 Å². The zero-order valence-electron chi connectivity index (χ0n) is 30.8. The Hall–Kier alpha value is -7.16. The SMILES string of the molecule is c1ccc(-c2ccc(N(Cc3ccccc3-c3ccccc3)c3ccc4c(c3)-c3c(ccc5ccccc35)C43c4ccccc4Oc4ccccc43)cc2)cc1. The fourth-order valence-electron chi connectivity index (χ4n) is 9.35. The second kappa shape index (κ2) is 13.0. The van der Waals surface area contributed by atoms with E-state index in [-0.39, 0.29) is 0 Å². The van der Waals surface area contributed by atoms with Crippen LogP contribution in [0.4, 0.5) is 11.4 Å². The molecule has 1 heterocycles. The van der Waals surface area contributed by atoms with E-state index in [4.69, 9.17) is 4.74 Å². The molecule has 0 saturated heterocycles. The van der Waals surface area contributed by atoms with Crippen molar-refractivity contribution in [2.75, 3.05) is 4.90 Å². The lowest BCUT2D eigenvalue weighted by molar-refractivity contribution is 0.436. The first-order valence-electron chi connectivity index (χ1n) is 19.4. The van der Waals surface area contributed by atoms with Gasteiger partial charge in [0, 0.05) is 29.0 Å². The molecule has 0 fully saturated rings. The Bertz CT molecular complexity index is 2870. The number of anilines is 2. The van der Waals surface area contributed by atoms with Crippen LogP contribution in [-0.4, -0.2) is 0 Å². The first-order chi connectivity index (χ1) is 27.8. The van der Waals surface area contributed by atoms with Crippen LogP contribution in [0, 0.1) is 0 Å². The highest BCUT2D eigenvalue weighted by atomic mass is 16.5. The number of fused-ring (bicyclic) bond motifs is 11. The number of hydrogen-bond acceptors (Lipinski definition) is 2. The molecule has 0 atom stereocenters. The molecular formula is C54H37NO. The summed E-state index contributed by atoms with van der Waals surface area (Å²) in [4.78, 5) is 2.48. The van der Waals surface area contributed by atoms with Gasteiger partial charge in [-0.05, 0) is 97.2 Å². The van der Waals surface area contributed by atoms with E-state index in [0.717, 1.165) is 22.9 Å². The molecule has 56 heavy (non-hydrogen) atoms. The summed E-state index contributed by atoms with van der Waals surface area (Å²) in [6.07, 6.45) is 0. The number of nitrogens with zero attached hydrogens (tertiary/aromatic N) is 1. The van der Waals surface area contributed by atoms with Crippen LogP contribution in [0.5, 0.6) is 11.5 Å². The zero-order valence-corrected chi connectivity index (χ0v) is 30.8. The van der Waals surface area contributed by atoms with Crippen LogP contribution >= 0.6 is 0 Å². The molecule has 2 heteroatoms. The molecule has 0 saturated carbocycles. The summed E-state index contributed by atoms with van der Waals surface area (Å²) in [5.74, 6) is 1.81. The van der Waals surface area contributed by atoms with Gasteiger partial charge >= 0.3 is 0 Å². The summed E-state index contributed by atoms with van der Waals surface area (Å²) >= 11 is 0. The highest BCUT2D eigenvalue weighted by Crippen LogP contribution is 2.63. The predicted molar refractivity (Wildman–Crippen MR) is 231 cm³/mol. The molecule has 0 N–H and O–H groups in total. The minimum Gasteiger partial charge on any atom is -0.457 e. The van der Waals surface area contributed by atoms with Crippen LogP contribution in [-0.2, 0) is 12.0 Å². The van der Waals surface area contributed by atoms with Crippen LogP contribution in [0.1, 0.15) is 27.8 Å². The molecule has 264 valence electrons. The number of hydrogen-bond donors (Lipinski definition) is 0. The van der Waals surface area contributed by atoms with E-state index >= 15 is 0 Å². The van der Waals surface area contributed by atoms with Crippen molar-refractivity contribution in [3.63, 3.8) is 0 Å². The molecule has 9 aromatic carbocycles. The minimum atomic E-state index is -0.541. The van der Waals surface area contributed by atoms with E-state index in [1.807, 2.05) is 0 Å². The van der Waals surface area contributed by atoms with Crippen molar-refractivity contribution < 1.29 is 4.74 Å². The lowest BCUT2D eigenvalue weighted by Crippen LogP contribution is -2.32. The third-order valence-electron chi connectivity index (χ3n) is 11.8. The average molecular weight is 716 g/mol. The fourth-order valence-corrected chi connectivity index (χ4v) is 9.35. The lowest BCUT2D eigenvalue weighted by Gasteiger charge is -2.39. The molecule has 1 spiro atoms. The quantitative estimate of drug-likeness (QED) is 0.170. The summed E-state index contributed by atoms with van der Waals surface area (Å²) in [6, 6.07) is 77.1. The summed E-state index contributed by atoms with van der Waals surface area (Å²) in [5.41, 5.74) is 15.3. The molecule has 0 unspecified atom stereocenters. The average Bonchev–Trinajstić information content (AvgIpc) is 3.57. The Morgan fingerprint density at radius 3 is 1.71 bits per heavy atom. The fraction of sp³-hybridized carbons (Fsp3) is 0.0370. The first-order valence-corrected chi connectivity index (χ1v) is 19.4. The molecule has 0 bridgehead atoms. The van der Waals surface area contributed by atoms with E-state index in [1.54, 1.807) is 0 Å². The molecule has 2 aliphatic rings. The van der Waals surface area contributed by atoms with E-state index < -0.39 is 5.41 Å². The van der Waals surface area contributed by atoms with E-state index in [0.29, 0.717) is 6.54 Å². The van der Waals surface area contributed by atoms with Gasteiger partial charge in [0.05, 0.1) is 5.41 Å². The number of para-hydroxylation sites is 2. The van der Waals surface area contributed by atoms with Crippen LogP contribution in [0.3, 0.4) is 0 Å². The Morgan fingerprint density at radius 1 is 0.393 bits per heavy atom. The third-order valence-corrected chi connectivity index (χ3v) is 11.8. The molecule has 0 radical (unpaired) electrons. The van der Waals surface area contributed by atoms with E-state index in [9.17, 15) is 0 Å². The van der Waals surface area contributed by atoms with Crippen molar-refractivity contribution in [3.05, 3.63) is 240 Å². The Kier molecular flexibility index (Phi) is 7.50. The van der Waals surface area contributed by atoms with Crippen LogP contribution in [0.25, 0.3) is 44.2 Å². The van der Waals surface area contributed by atoms with Gasteiger partial charge in [0.25, 0.3) is 0 Å². The highest BCUT2D eigenvalue weighted by molar-refractivity contribution is 6.05. The molecule has 0 amide bonds. The summed E-state index contributed by atoms with van der Waals surface area (Å²) in [6.45, 7) is 0.696. The molecule has 11 rings (SSSR count). The number of rotatable bonds is 6. The highest BCUT2D eigenvalue weighted by Gasteiger charge is 2.51. The second-order valence-electron chi connectivity index (χ2n) is 14.8. The van der Waals surface area contributed by atoms with Crippen molar-refractivity contribution in [2.24, 2.45) is 0 Å². The predicted octanol–water partition coefficient (Wildman–Crippen LogP) is 14.0. The number of benzene rings is 9. The van der Waals surface area contributed by atoms with Gasteiger partial charge in [0.2, 0.25) is 0 Å². The van der Waals surface area contributed by atoms with Gasteiger partial charge in [-0.25, -0.2) is 0 Å². The van der Waals surface area contributed by atoms with Gasteiger partial charge in [0.15, 0.2) is 0 Å². The van der Waals surface area contributed by atoms with Gasteiger partial charge < -0.3 is 9.64 Å². The molecule has 1 aliphatic heterocycles. The van der Waals surface area contributed by atoms with Crippen molar-refractivity contribution in [2.45, 2.75) is 12.0 Å². The van der Waals surface area contributed by atoms with Crippen LogP contribution < -0.4 is 9.64 Å². The Labute approximate surface area is 327 Å². The van der Waals surface area contributed by atoms with E-state index in [2.05, 4.69) is 217 Å². The molecular weight excluding hydrogens is 679 g/mol. The largest absolute Gasteiger partial charge is 0.457 e. The minimum absolute atomic E-state index is 0.541. The van der Waals surface area contributed by atoms with Gasteiger partial charge in [-0.1, -0.05) is 176 Å². The number of ether oxygens (including phenoxy) is 1. The maximum Gasteiger partial charge on any atom is 0.132 e. The van der Waals surface area contributed by atoms with Gasteiger partial charge in [-0.3, -0.25) is 0 Å². The third kappa shape index (κ3) is 4.96. The summed E-state index contributed by atoms with van der Waals surface area (Å²) in [7, 11) is 0. The maximum absolute atomic E-state index is 6.65. The normalized spacial score (nSPS) is 13.0. The van der Waals surface area contributed by atoms with Crippen molar-refractivity contribution >= 4 is 22.1 Å². The van der Waals surface area contributed by atoms with Crippen molar-refractivity contribution in [1.29, 1.82) is 0 Å². The Balaban J connectivity index is 1.15. The second-order valence-corrected chi connectivity index (χ2v) is 14.8. The summed E-state index contributed by atoms with van der Waals surface area (Å²) in [5, 5.41) is 2.49. The smallest absolute Gasteiger partial charge is 0.132 e. The van der Waals surface area contributed by atoms with Gasteiger partial charge in [-0.15, -0.1) is 0 Å². The first kappa shape index (κ1) is 32.3. The monoisotopic (exact) mass is 715 g/mol. The van der Waals surface area contributed by atoms with E-state index in [1.165, 1.54) is 72.0 Å². The maximum atomic E-state index is 6.65. The molecule has 9 aromatic rings. The molecule has 2 nitrogen and oxygen atoms in total. The topological polar surface area (TPSA) is 12.5 Å². The van der Waals surface area contributed by atoms with Crippen molar-refractivity contribution in [1.82, 2.24) is 0 Å². The lowest BCUT2D eigenvalue weighted by atomic mass is 9.66. The molecule has 1 aliphatic carbocycles. The van der Waals surface area contributed by atoms with Crippen molar-refractivity contribution in [3.8, 4) is 44.9 Å². The molecule has 0 aromatic heterocycles.